The summed E-state index contributed by atoms with van der Waals surface area (Å²) in [5.74, 6) is -0.148. The molecule has 1 fully saturated rings. The molecule has 2 heterocycles. The van der Waals surface area contributed by atoms with Crippen molar-refractivity contribution in [3.05, 3.63) is 18.2 Å². The minimum atomic E-state index is -0.944. The van der Waals surface area contributed by atoms with Crippen molar-refractivity contribution >= 4 is 12.0 Å². The number of urea groups is 1. The first-order chi connectivity index (χ1) is 9.92. The van der Waals surface area contributed by atoms with Gasteiger partial charge in [-0.25, -0.2) is 14.6 Å². The van der Waals surface area contributed by atoms with Gasteiger partial charge in [-0.05, 0) is 18.3 Å². The Kier molecular flexibility index (Phi) is 4.50. The van der Waals surface area contributed by atoms with Crippen LogP contribution < -0.4 is 5.32 Å². The molecule has 0 aromatic carbocycles. The molecule has 21 heavy (non-hydrogen) atoms. The van der Waals surface area contributed by atoms with E-state index in [1.807, 2.05) is 13.8 Å². The third kappa shape index (κ3) is 3.53. The van der Waals surface area contributed by atoms with E-state index in [4.69, 9.17) is 0 Å². The lowest BCUT2D eigenvalue weighted by molar-refractivity contribution is -0.148. The quantitative estimate of drug-likeness (QED) is 0.778. The highest BCUT2D eigenvalue weighted by Crippen LogP contribution is 2.35. The van der Waals surface area contributed by atoms with Crippen molar-refractivity contribution in [2.75, 3.05) is 13.1 Å². The van der Waals surface area contributed by atoms with Crippen LogP contribution in [0.25, 0.3) is 0 Å². The smallest absolute Gasteiger partial charge is 0.327 e. The Hall–Kier alpha value is -2.05. The van der Waals surface area contributed by atoms with E-state index in [1.165, 1.54) is 4.90 Å². The van der Waals surface area contributed by atoms with Gasteiger partial charge in [0, 0.05) is 31.9 Å². The second-order valence-electron chi connectivity index (χ2n) is 6.04. The molecule has 1 atom stereocenters. The molecule has 7 nitrogen and oxygen atoms in total. The van der Waals surface area contributed by atoms with Crippen molar-refractivity contribution in [1.82, 2.24) is 20.2 Å². The van der Waals surface area contributed by atoms with Crippen molar-refractivity contribution in [2.45, 2.75) is 39.2 Å². The molecule has 0 spiro atoms. The van der Waals surface area contributed by atoms with Crippen LogP contribution in [0.2, 0.25) is 0 Å². The molecule has 1 aromatic rings. The summed E-state index contributed by atoms with van der Waals surface area (Å²) in [5.41, 5.74) is -0.414. The number of nitrogens with zero attached hydrogens (tertiary/aromatic N) is 2. The number of aliphatic carboxylic acids is 1. The summed E-state index contributed by atoms with van der Waals surface area (Å²) in [6.45, 7) is 4.70. The number of aromatic amines is 1. The fourth-order valence-corrected chi connectivity index (χ4v) is 2.90. The summed E-state index contributed by atoms with van der Waals surface area (Å²) in [6, 6.07) is -1.10. The third-order valence-electron chi connectivity index (χ3n) is 3.96. The third-order valence-corrected chi connectivity index (χ3v) is 3.96. The Morgan fingerprint density at radius 3 is 2.95 bits per heavy atom. The Labute approximate surface area is 123 Å². The predicted molar refractivity (Wildman–Crippen MR) is 76.8 cm³/mol. The number of carbonyl (C=O) groups is 2. The maximum atomic E-state index is 12.3. The van der Waals surface area contributed by atoms with Crippen LogP contribution in [0.3, 0.4) is 0 Å². The van der Waals surface area contributed by atoms with Gasteiger partial charge in [0.1, 0.15) is 11.9 Å². The summed E-state index contributed by atoms with van der Waals surface area (Å²) in [4.78, 5) is 32.2. The number of H-pyrrole nitrogens is 1. The zero-order valence-electron chi connectivity index (χ0n) is 12.4. The van der Waals surface area contributed by atoms with E-state index in [1.54, 1.807) is 12.4 Å². The lowest BCUT2D eigenvalue weighted by Gasteiger charge is -2.43. The molecule has 1 saturated heterocycles. The summed E-state index contributed by atoms with van der Waals surface area (Å²) in [7, 11) is 0. The van der Waals surface area contributed by atoms with E-state index in [-0.39, 0.29) is 6.03 Å². The van der Waals surface area contributed by atoms with E-state index in [0.717, 1.165) is 18.7 Å². The zero-order valence-corrected chi connectivity index (χ0v) is 12.4. The number of nitrogens with one attached hydrogen (secondary N) is 2. The number of hydrogen-bond donors (Lipinski definition) is 3. The van der Waals surface area contributed by atoms with Crippen LogP contribution in [0.5, 0.6) is 0 Å². The fraction of sp³-hybridized carbons (Fsp3) is 0.643. The normalized spacial score (nSPS) is 21.0. The summed E-state index contributed by atoms with van der Waals surface area (Å²) >= 11 is 0. The van der Waals surface area contributed by atoms with Crippen molar-refractivity contribution in [3.63, 3.8) is 0 Å². The number of carbonyl (C=O) groups excluding carboxylic acids is 1. The average Bonchev–Trinajstić information content (AvgIpc) is 2.89. The fourth-order valence-electron chi connectivity index (χ4n) is 2.90. The highest BCUT2D eigenvalue weighted by molar-refractivity contribution is 5.83. The van der Waals surface area contributed by atoms with Gasteiger partial charge in [0.2, 0.25) is 0 Å². The SMILES string of the molecule is CC1(C)CCCN(C(=O)NCCc2ncc[nH]2)C1C(=O)O. The molecular weight excluding hydrogens is 272 g/mol. The monoisotopic (exact) mass is 294 g/mol. The van der Waals surface area contributed by atoms with Crippen LogP contribution in [0.1, 0.15) is 32.5 Å². The summed E-state index contributed by atoms with van der Waals surface area (Å²) in [6.07, 6.45) is 5.60. The molecule has 1 aromatic heterocycles. The molecule has 1 unspecified atom stereocenters. The van der Waals surface area contributed by atoms with Crippen LogP contribution in [-0.4, -0.2) is 51.1 Å². The van der Waals surface area contributed by atoms with Gasteiger partial charge in [0.15, 0.2) is 0 Å². The van der Waals surface area contributed by atoms with Crippen molar-refractivity contribution in [3.8, 4) is 0 Å². The van der Waals surface area contributed by atoms with Crippen LogP contribution in [0, 0.1) is 5.41 Å². The maximum absolute atomic E-state index is 12.3. The molecule has 1 aliphatic heterocycles. The van der Waals surface area contributed by atoms with Gasteiger partial charge in [-0.15, -0.1) is 0 Å². The van der Waals surface area contributed by atoms with Gasteiger partial charge in [-0.3, -0.25) is 0 Å². The lowest BCUT2D eigenvalue weighted by Crippen LogP contribution is -2.58. The lowest BCUT2D eigenvalue weighted by atomic mass is 9.76. The minimum Gasteiger partial charge on any atom is -0.480 e. The Bertz CT molecular complexity index is 498. The second kappa shape index (κ2) is 6.15. The van der Waals surface area contributed by atoms with Gasteiger partial charge >= 0.3 is 12.0 Å². The molecule has 2 amide bonds. The molecule has 1 aliphatic rings. The van der Waals surface area contributed by atoms with Crippen LogP contribution in [0.15, 0.2) is 12.4 Å². The topological polar surface area (TPSA) is 98.3 Å². The summed E-state index contributed by atoms with van der Waals surface area (Å²) in [5, 5.41) is 12.2. The van der Waals surface area contributed by atoms with Gasteiger partial charge in [-0.1, -0.05) is 13.8 Å². The molecule has 0 radical (unpaired) electrons. The predicted octanol–water partition coefficient (Wildman–Crippen LogP) is 1.24. The van der Waals surface area contributed by atoms with Gasteiger partial charge in [0.25, 0.3) is 0 Å². The zero-order chi connectivity index (χ0) is 15.5. The average molecular weight is 294 g/mol. The van der Waals surface area contributed by atoms with E-state index in [9.17, 15) is 14.7 Å². The molecular formula is C14H22N4O3. The number of amides is 2. The van der Waals surface area contributed by atoms with Crippen molar-refractivity contribution in [2.24, 2.45) is 5.41 Å². The van der Waals surface area contributed by atoms with Crippen LogP contribution in [-0.2, 0) is 11.2 Å². The largest absolute Gasteiger partial charge is 0.480 e. The van der Waals surface area contributed by atoms with Gasteiger partial charge < -0.3 is 20.3 Å². The molecule has 3 N–H and O–H groups in total. The second-order valence-corrected chi connectivity index (χ2v) is 6.04. The molecule has 7 heteroatoms. The number of aromatic nitrogens is 2. The molecule has 0 saturated carbocycles. The first-order valence-corrected chi connectivity index (χ1v) is 7.17. The van der Waals surface area contributed by atoms with E-state index in [2.05, 4.69) is 15.3 Å². The number of carboxylic acids is 1. The first kappa shape index (κ1) is 15.3. The number of likely N-dealkylation sites (tertiary alicyclic amines) is 1. The summed E-state index contributed by atoms with van der Waals surface area (Å²) < 4.78 is 0. The van der Waals surface area contributed by atoms with Crippen molar-refractivity contribution < 1.29 is 14.7 Å². The van der Waals surface area contributed by atoms with E-state index in [0.29, 0.717) is 19.5 Å². The number of piperidine rings is 1. The number of imidazole rings is 1. The van der Waals surface area contributed by atoms with E-state index >= 15 is 0 Å². The number of rotatable bonds is 4. The Morgan fingerprint density at radius 2 is 2.33 bits per heavy atom. The molecule has 2 rings (SSSR count). The molecule has 0 bridgehead atoms. The van der Waals surface area contributed by atoms with Crippen molar-refractivity contribution in [1.29, 1.82) is 0 Å². The highest BCUT2D eigenvalue weighted by Gasteiger charge is 2.44. The molecule has 116 valence electrons. The molecule has 0 aliphatic carbocycles. The van der Waals surface area contributed by atoms with E-state index < -0.39 is 17.4 Å². The first-order valence-electron chi connectivity index (χ1n) is 7.17. The Morgan fingerprint density at radius 1 is 1.57 bits per heavy atom. The highest BCUT2D eigenvalue weighted by atomic mass is 16.4. The van der Waals surface area contributed by atoms with Gasteiger partial charge in [0.05, 0.1) is 0 Å². The number of hydrogen-bond acceptors (Lipinski definition) is 3. The maximum Gasteiger partial charge on any atom is 0.327 e. The Balaban J connectivity index is 1.94. The van der Waals surface area contributed by atoms with Crippen LogP contribution >= 0.6 is 0 Å². The minimum absolute atomic E-state index is 0.318. The number of carboxylic acid groups (broad SMARTS) is 1. The van der Waals surface area contributed by atoms with Gasteiger partial charge in [-0.2, -0.15) is 0 Å². The standard InChI is InChI=1S/C14H22N4O3/c1-14(2)5-3-9-18(11(14)12(19)20)13(21)17-6-4-10-15-7-8-16-10/h7-8,11H,3-6,9H2,1-2H3,(H,15,16)(H,17,21)(H,19,20). The van der Waals surface area contributed by atoms with Crippen LogP contribution in [0.4, 0.5) is 4.79 Å².